The maximum atomic E-state index is 12.6. The molecule has 1 amide bonds. The second kappa shape index (κ2) is 8.39. The first-order valence-corrected chi connectivity index (χ1v) is 8.82. The molecule has 0 unspecified atom stereocenters. The summed E-state index contributed by atoms with van der Waals surface area (Å²) in [5.41, 5.74) is 4.82. The number of carbonyl (C=O) groups excluding carboxylic acids is 2. The van der Waals surface area contributed by atoms with E-state index in [-0.39, 0.29) is 29.7 Å². The van der Waals surface area contributed by atoms with Crippen LogP contribution in [0.2, 0.25) is 0 Å². The molecule has 8 nitrogen and oxygen atoms in total. The Kier molecular flexibility index (Phi) is 5.73. The summed E-state index contributed by atoms with van der Waals surface area (Å²) in [5.74, 6) is -0.359. The minimum absolute atomic E-state index is 0.114. The molecule has 2 aromatic carbocycles. The molecule has 0 spiro atoms. The van der Waals surface area contributed by atoms with Gasteiger partial charge in [0.1, 0.15) is 5.75 Å². The Hall–Kier alpha value is -3.94. The highest BCUT2D eigenvalue weighted by Crippen LogP contribution is 2.20. The van der Waals surface area contributed by atoms with Gasteiger partial charge >= 0.3 is 0 Å². The molecule has 1 heterocycles. The number of ketones is 1. The number of non-ortho nitro benzene ring substituents is 1. The van der Waals surface area contributed by atoms with Crippen LogP contribution in [-0.4, -0.2) is 27.9 Å². The van der Waals surface area contributed by atoms with Gasteiger partial charge in [0.05, 0.1) is 11.0 Å². The number of nitrogens with one attached hydrogen (secondary N) is 1. The Morgan fingerprint density at radius 2 is 1.79 bits per heavy atom. The molecular weight excluding hydrogens is 374 g/mol. The molecular formula is C21H19N3O5. The number of Topliss-reactive ketones (excluding diaryl/α,β-unsaturated/α-hetero) is 1. The summed E-state index contributed by atoms with van der Waals surface area (Å²) < 4.78 is 6.97. The van der Waals surface area contributed by atoms with Crippen LogP contribution in [0, 0.1) is 24.0 Å². The highest BCUT2D eigenvalue weighted by Gasteiger charge is 2.18. The van der Waals surface area contributed by atoms with Crippen molar-refractivity contribution >= 4 is 17.4 Å². The number of aromatic nitrogens is 1. The molecule has 3 aromatic rings. The summed E-state index contributed by atoms with van der Waals surface area (Å²) in [7, 11) is 0. The van der Waals surface area contributed by atoms with E-state index >= 15 is 0 Å². The lowest BCUT2D eigenvalue weighted by Gasteiger charge is -2.12. The van der Waals surface area contributed by atoms with Crippen LogP contribution in [0.3, 0.4) is 0 Å². The van der Waals surface area contributed by atoms with Gasteiger partial charge in [-0.05, 0) is 38.1 Å². The zero-order valence-electron chi connectivity index (χ0n) is 15.9. The van der Waals surface area contributed by atoms with Crippen LogP contribution in [0.25, 0.3) is 0 Å². The molecule has 148 valence electrons. The number of hydrogen-bond acceptors (Lipinski definition) is 5. The number of hydrogen-bond donors (Lipinski definition) is 1. The Labute approximate surface area is 166 Å². The fourth-order valence-corrected chi connectivity index (χ4v) is 2.89. The number of amides is 1. The third-order valence-electron chi connectivity index (χ3n) is 4.38. The van der Waals surface area contributed by atoms with Gasteiger partial charge in [0, 0.05) is 28.6 Å². The van der Waals surface area contributed by atoms with Crippen molar-refractivity contribution in [3.05, 3.63) is 93.3 Å². The number of nitro groups is 1. The Bertz CT molecular complexity index is 1070. The maximum absolute atomic E-state index is 12.6. The topological polar surface area (TPSA) is 103 Å². The van der Waals surface area contributed by atoms with E-state index < -0.39 is 4.92 Å². The van der Waals surface area contributed by atoms with Crippen molar-refractivity contribution in [2.24, 2.45) is 0 Å². The van der Waals surface area contributed by atoms with Crippen LogP contribution >= 0.6 is 0 Å². The molecule has 0 aliphatic heterocycles. The molecule has 0 aliphatic rings. The minimum Gasteiger partial charge on any atom is -0.485 e. The van der Waals surface area contributed by atoms with Gasteiger partial charge < -0.3 is 4.74 Å². The van der Waals surface area contributed by atoms with Crippen molar-refractivity contribution in [1.82, 2.24) is 4.68 Å². The lowest BCUT2D eigenvalue weighted by Crippen LogP contribution is -2.25. The van der Waals surface area contributed by atoms with Crippen LogP contribution < -0.4 is 10.2 Å². The number of nitro benzene ring substituents is 1. The van der Waals surface area contributed by atoms with E-state index in [1.165, 1.54) is 18.2 Å². The van der Waals surface area contributed by atoms with E-state index in [9.17, 15) is 19.7 Å². The summed E-state index contributed by atoms with van der Waals surface area (Å²) in [5, 5.41) is 10.8. The quantitative estimate of drug-likeness (QED) is 0.375. The van der Waals surface area contributed by atoms with Gasteiger partial charge in [0.2, 0.25) is 5.78 Å². The molecule has 0 bridgehead atoms. The van der Waals surface area contributed by atoms with E-state index in [0.717, 1.165) is 0 Å². The average molecular weight is 393 g/mol. The van der Waals surface area contributed by atoms with Crippen molar-refractivity contribution in [1.29, 1.82) is 0 Å². The van der Waals surface area contributed by atoms with Gasteiger partial charge in [0.25, 0.3) is 11.6 Å². The molecule has 0 aliphatic carbocycles. The van der Waals surface area contributed by atoms with Crippen LogP contribution in [0.15, 0.2) is 60.7 Å². The normalized spacial score (nSPS) is 10.4. The van der Waals surface area contributed by atoms with Gasteiger partial charge in [-0.25, -0.2) is 0 Å². The fourth-order valence-electron chi connectivity index (χ4n) is 2.89. The van der Waals surface area contributed by atoms with E-state index in [1.54, 1.807) is 54.9 Å². The van der Waals surface area contributed by atoms with Gasteiger partial charge in [-0.3, -0.25) is 29.8 Å². The van der Waals surface area contributed by atoms with Crippen LogP contribution in [0.5, 0.6) is 5.75 Å². The van der Waals surface area contributed by atoms with Gasteiger partial charge in [-0.15, -0.1) is 0 Å². The molecule has 29 heavy (non-hydrogen) atoms. The third-order valence-corrected chi connectivity index (χ3v) is 4.38. The van der Waals surface area contributed by atoms with E-state index in [0.29, 0.717) is 22.5 Å². The maximum Gasteiger partial charge on any atom is 0.273 e. The summed E-state index contributed by atoms with van der Waals surface area (Å²) in [6.45, 7) is 3.22. The van der Waals surface area contributed by atoms with Crippen molar-refractivity contribution in [2.75, 3.05) is 12.0 Å². The first kappa shape index (κ1) is 19.8. The molecule has 1 N–H and O–H groups in total. The van der Waals surface area contributed by atoms with Crippen molar-refractivity contribution in [2.45, 2.75) is 13.8 Å². The summed E-state index contributed by atoms with van der Waals surface area (Å²) in [6, 6.07) is 16.1. The van der Waals surface area contributed by atoms with Crippen LogP contribution in [0.1, 0.15) is 32.1 Å². The Morgan fingerprint density at radius 1 is 1.07 bits per heavy atom. The highest BCUT2D eigenvalue weighted by molar-refractivity contribution is 6.01. The largest absolute Gasteiger partial charge is 0.485 e. The molecule has 0 saturated carbocycles. The van der Waals surface area contributed by atoms with Crippen molar-refractivity contribution in [3.8, 4) is 5.75 Å². The second-order valence-corrected chi connectivity index (χ2v) is 6.39. The van der Waals surface area contributed by atoms with E-state index in [1.807, 2.05) is 6.07 Å². The Balaban J connectivity index is 1.72. The van der Waals surface area contributed by atoms with Gasteiger partial charge in [-0.1, -0.05) is 24.3 Å². The number of nitrogens with zero attached hydrogens (tertiary/aromatic N) is 2. The highest BCUT2D eigenvalue weighted by atomic mass is 16.6. The summed E-state index contributed by atoms with van der Waals surface area (Å²) >= 11 is 0. The fraction of sp³-hybridized carbons (Fsp3) is 0.143. The lowest BCUT2D eigenvalue weighted by molar-refractivity contribution is -0.384. The SMILES string of the molecule is Cc1cc(C(=O)COc2cccc([N+](=O)[O-])c2)c(C)n1NC(=O)c1ccccc1. The molecule has 0 fully saturated rings. The molecule has 1 aromatic heterocycles. The van der Waals surface area contributed by atoms with Crippen LogP contribution in [0.4, 0.5) is 5.69 Å². The monoisotopic (exact) mass is 393 g/mol. The first-order valence-electron chi connectivity index (χ1n) is 8.82. The summed E-state index contributed by atoms with van der Waals surface area (Å²) in [6.07, 6.45) is 0. The molecule has 0 atom stereocenters. The number of benzene rings is 2. The second-order valence-electron chi connectivity index (χ2n) is 6.39. The first-order chi connectivity index (χ1) is 13.9. The lowest BCUT2D eigenvalue weighted by atomic mass is 10.1. The van der Waals surface area contributed by atoms with E-state index in [2.05, 4.69) is 5.43 Å². The molecule has 8 heteroatoms. The van der Waals surface area contributed by atoms with Gasteiger partial charge in [0.15, 0.2) is 6.61 Å². The van der Waals surface area contributed by atoms with Crippen LogP contribution in [-0.2, 0) is 0 Å². The van der Waals surface area contributed by atoms with Crippen molar-refractivity contribution in [3.63, 3.8) is 0 Å². The smallest absolute Gasteiger partial charge is 0.273 e. The standard InChI is InChI=1S/C21H19N3O5/c1-14-11-19(15(2)23(14)22-21(26)16-7-4-3-5-8-16)20(25)13-29-18-10-6-9-17(12-18)24(27)28/h3-12H,13H2,1-2H3,(H,22,26). The zero-order valence-corrected chi connectivity index (χ0v) is 15.9. The predicted molar refractivity (Wildman–Crippen MR) is 107 cm³/mol. The number of carbonyl (C=O) groups is 2. The number of rotatable bonds is 7. The number of ether oxygens (including phenoxy) is 1. The predicted octanol–water partition coefficient (Wildman–Crippen LogP) is 3.66. The average Bonchev–Trinajstić information content (AvgIpc) is 3.01. The molecule has 0 saturated heterocycles. The zero-order chi connectivity index (χ0) is 21.0. The Morgan fingerprint density at radius 3 is 2.48 bits per heavy atom. The molecule has 0 radical (unpaired) electrons. The van der Waals surface area contributed by atoms with E-state index in [4.69, 9.17) is 4.74 Å². The van der Waals surface area contributed by atoms with Crippen molar-refractivity contribution < 1.29 is 19.2 Å². The number of aryl methyl sites for hydroxylation is 1. The molecule has 3 rings (SSSR count). The minimum atomic E-state index is -0.530. The van der Waals surface area contributed by atoms with Gasteiger partial charge in [-0.2, -0.15) is 0 Å². The summed E-state index contributed by atoms with van der Waals surface area (Å²) in [4.78, 5) is 35.3. The third kappa shape index (κ3) is 4.49.